The minimum Gasteiger partial charge on any atom is -0.394 e. The summed E-state index contributed by atoms with van der Waals surface area (Å²) in [6, 6.07) is 9.57. The van der Waals surface area contributed by atoms with Gasteiger partial charge in [-0.3, -0.25) is 4.79 Å². The highest BCUT2D eigenvalue weighted by Crippen LogP contribution is 2.12. The van der Waals surface area contributed by atoms with Crippen LogP contribution in [0.25, 0.3) is 0 Å². The Bertz CT molecular complexity index is 374. The summed E-state index contributed by atoms with van der Waals surface area (Å²) in [5, 5.41) is 12.2. The van der Waals surface area contributed by atoms with Crippen molar-refractivity contribution in [3.63, 3.8) is 0 Å². The predicted molar refractivity (Wildman–Crippen MR) is 68.1 cm³/mol. The molecule has 98 valence electrons. The van der Waals surface area contributed by atoms with Gasteiger partial charge in [0.15, 0.2) is 0 Å². The Hall–Kier alpha value is -1.39. The third-order valence-corrected chi connectivity index (χ3v) is 3.11. The van der Waals surface area contributed by atoms with Crippen molar-refractivity contribution in [2.24, 2.45) is 0 Å². The first kappa shape index (κ1) is 13.1. The highest BCUT2D eigenvalue weighted by Gasteiger charge is 2.25. The Morgan fingerprint density at radius 3 is 2.83 bits per heavy atom. The zero-order chi connectivity index (χ0) is 12.8. The van der Waals surface area contributed by atoms with E-state index in [0.29, 0.717) is 13.0 Å². The van der Waals surface area contributed by atoms with E-state index in [2.05, 4.69) is 5.32 Å². The van der Waals surface area contributed by atoms with Gasteiger partial charge in [0, 0.05) is 6.61 Å². The van der Waals surface area contributed by atoms with Gasteiger partial charge in [-0.05, 0) is 24.8 Å². The average molecular weight is 249 g/mol. The molecule has 1 heterocycles. The second-order valence-electron chi connectivity index (χ2n) is 4.58. The van der Waals surface area contributed by atoms with Crippen molar-refractivity contribution in [2.45, 2.75) is 31.4 Å². The van der Waals surface area contributed by atoms with Gasteiger partial charge in [0.1, 0.15) is 6.10 Å². The van der Waals surface area contributed by atoms with Crippen LogP contribution < -0.4 is 5.32 Å². The standard InChI is InChI=1S/C14H19NO3/c16-10-12(9-11-5-2-1-3-6-11)15-14(17)13-7-4-8-18-13/h1-3,5-6,12-13,16H,4,7-10H2,(H,15,17)/t12-,13-/m1/s1. The first-order valence-electron chi connectivity index (χ1n) is 6.36. The van der Waals surface area contributed by atoms with Crippen molar-refractivity contribution in [3.8, 4) is 0 Å². The maximum atomic E-state index is 11.9. The summed E-state index contributed by atoms with van der Waals surface area (Å²) in [5.74, 6) is -0.109. The lowest BCUT2D eigenvalue weighted by Crippen LogP contribution is -2.44. The maximum absolute atomic E-state index is 11.9. The molecule has 1 aliphatic rings. The molecule has 0 aromatic heterocycles. The van der Waals surface area contributed by atoms with Crippen molar-refractivity contribution in [3.05, 3.63) is 35.9 Å². The molecule has 1 aromatic carbocycles. The number of aliphatic hydroxyl groups excluding tert-OH is 1. The van der Waals surface area contributed by atoms with Crippen LogP contribution in [-0.4, -0.2) is 36.4 Å². The Labute approximate surface area is 107 Å². The average Bonchev–Trinajstić information content (AvgIpc) is 2.93. The van der Waals surface area contributed by atoms with Crippen LogP contribution in [-0.2, 0) is 16.0 Å². The number of aliphatic hydroxyl groups is 1. The predicted octanol–water partition coefficient (Wildman–Crippen LogP) is 0.885. The van der Waals surface area contributed by atoms with Gasteiger partial charge in [0.25, 0.3) is 0 Å². The highest BCUT2D eigenvalue weighted by molar-refractivity contribution is 5.81. The third kappa shape index (κ3) is 3.55. The molecule has 4 heteroatoms. The molecule has 18 heavy (non-hydrogen) atoms. The molecule has 4 nitrogen and oxygen atoms in total. The summed E-state index contributed by atoms with van der Waals surface area (Å²) >= 11 is 0. The van der Waals surface area contributed by atoms with Crippen LogP contribution in [0.2, 0.25) is 0 Å². The summed E-state index contributed by atoms with van der Waals surface area (Å²) in [4.78, 5) is 11.9. The molecule has 0 spiro atoms. The Balaban J connectivity index is 1.87. The maximum Gasteiger partial charge on any atom is 0.249 e. The second kappa shape index (κ2) is 6.52. The van der Waals surface area contributed by atoms with E-state index in [1.807, 2.05) is 30.3 Å². The Morgan fingerprint density at radius 2 is 2.22 bits per heavy atom. The molecule has 2 atom stereocenters. The number of hydrogen-bond acceptors (Lipinski definition) is 3. The minimum atomic E-state index is -0.338. The topological polar surface area (TPSA) is 58.6 Å². The number of amides is 1. The number of ether oxygens (including phenoxy) is 1. The smallest absolute Gasteiger partial charge is 0.249 e. The van der Waals surface area contributed by atoms with Crippen LogP contribution in [0.5, 0.6) is 0 Å². The van der Waals surface area contributed by atoms with Gasteiger partial charge in [-0.25, -0.2) is 0 Å². The lowest BCUT2D eigenvalue weighted by atomic mass is 10.1. The highest BCUT2D eigenvalue weighted by atomic mass is 16.5. The van der Waals surface area contributed by atoms with E-state index < -0.39 is 0 Å². The van der Waals surface area contributed by atoms with Crippen molar-refractivity contribution in [1.29, 1.82) is 0 Å². The van der Waals surface area contributed by atoms with Gasteiger partial charge in [0.2, 0.25) is 5.91 Å². The number of carbonyl (C=O) groups excluding carboxylic acids is 1. The fourth-order valence-corrected chi connectivity index (χ4v) is 2.14. The molecule has 1 aromatic rings. The minimum absolute atomic E-state index is 0.0621. The Morgan fingerprint density at radius 1 is 1.44 bits per heavy atom. The number of rotatable bonds is 5. The Kier molecular flexibility index (Phi) is 4.73. The second-order valence-corrected chi connectivity index (χ2v) is 4.58. The monoisotopic (exact) mass is 249 g/mol. The summed E-state index contributed by atoms with van der Waals surface area (Å²) in [5.41, 5.74) is 1.10. The van der Waals surface area contributed by atoms with Crippen molar-refractivity contribution >= 4 is 5.91 Å². The van der Waals surface area contributed by atoms with Gasteiger partial charge in [0.05, 0.1) is 12.6 Å². The molecule has 0 bridgehead atoms. The molecule has 0 radical (unpaired) electrons. The number of benzene rings is 1. The number of hydrogen-bond donors (Lipinski definition) is 2. The van der Waals surface area contributed by atoms with Gasteiger partial charge in [-0.1, -0.05) is 30.3 Å². The number of nitrogens with one attached hydrogen (secondary N) is 1. The molecule has 1 saturated heterocycles. The van der Waals surface area contributed by atoms with Crippen molar-refractivity contribution < 1.29 is 14.6 Å². The quantitative estimate of drug-likeness (QED) is 0.814. The van der Waals surface area contributed by atoms with Crippen LogP contribution in [0.4, 0.5) is 0 Å². The molecular weight excluding hydrogens is 230 g/mol. The SMILES string of the molecule is O=C(N[C@@H](CO)Cc1ccccc1)[C@H]1CCCO1. The summed E-state index contributed by atoms with van der Waals surface area (Å²) < 4.78 is 5.32. The normalized spacial score (nSPS) is 20.6. The van der Waals surface area contributed by atoms with Gasteiger partial charge >= 0.3 is 0 Å². The van der Waals surface area contributed by atoms with E-state index in [-0.39, 0.29) is 24.7 Å². The van der Waals surface area contributed by atoms with Crippen molar-refractivity contribution in [2.75, 3.05) is 13.2 Å². The summed E-state index contributed by atoms with van der Waals surface area (Å²) in [6.45, 7) is 0.591. The zero-order valence-electron chi connectivity index (χ0n) is 10.3. The first-order valence-corrected chi connectivity index (χ1v) is 6.36. The lowest BCUT2D eigenvalue weighted by molar-refractivity contribution is -0.131. The number of carbonyl (C=O) groups is 1. The van der Waals surface area contributed by atoms with Crippen LogP contribution in [0.1, 0.15) is 18.4 Å². The summed E-state index contributed by atoms with van der Waals surface area (Å²) in [6.07, 6.45) is 2.00. The van der Waals surface area contributed by atoms with E-state index >= 15 is 0 Å². The molecular formula is C14H19NO3. The van der Waals surface area contributed by atoms with Crippen LogP contribution >= 0.6 is 0 Å². The molecule has 2 rings (SSSR count). The fourth-order valence-electron chi connectivity index (χ4n) is 2.14. The van der Waals surface area contributed by atoms with Crippen LogP contribution in [0.15, 0.2) is 30.3 Å². The molecule has 2 N–H and O–H groups in total. The largest absolute Gasteiger partial charge is 0.394 e. The molecule has 0 unspecified atom stereocenters. The molecule has 1 aliphatic heterocycles. The lowest BCUT2D eigenvalue weighted by Gasteiger charge is -2.18. The van der Waals surface area contributed by atoms with E-state index in [0.717, 1.165) is 18.4 Å². The first-order chi connectivity index (χ1) is 8.79. The molecule has 0 aliphatic carbocycles. The van der Waals surface area contributed by atoms with E-state index in [4.69, 9.17) is 4.74 Å². The van der Waals surface area contributed by atoms with Gasteiger partial charge in [-0.15, -0.1) is 0 Å². The summed E-state index contributed by atoms with van der Waals surface area (Å²) in [7, 11) is 0. The van der Waals surface area contributed by atoms with E-state index in [9.17, 15) is 9.90 Å². The van der Waals surface area contributed by atoms with Crippen LogP contribution in [0.3, 0.4) is 0 Å². The van der Waals surface area contributed by atoms with Gasteiger partial charge in [-0.2, -0.15) is 0 Å². The van der Waals surface area contributed by atoms with E-state index in [1.165, 1.54) is 0 Å². The van der Waals surface area contributed by atoms with Crippen LogP contribution in [0, 0.1) is 0 Å². The van der Waals surface area contributed by atoms with E-state index in [1.54, 1.807) is 0 Å². The molecule has 1 fully saturated rings. The molecule has 1 amide bonds. The third-order valence-electron chi connectivity index (χ3n) is 3.11. The van der Waals surface area contributed by atoms with Crippen molar-refractivity contribution in [1.82, 2.24) is 5.32 Å². The molecule has 0 saturated carbocycles. The van der Waals surface area contributed by atoms with Gasteiger partial charge < -0.3 is 15.2 Å². The zero-order valence-corrected chi connectivity index (χ0v) is 10.3. The fraction of sp³-hybridized carbons (Fsp3) is 0.500.